The quantitative estimate of drug-likeness (QED) is 0.440. The van der Waals surface area contributed by atoms with Gasteiger partial charge in [0.2, 0.25) is 5.91 Å². The molecule has 2 rings (SSSR count). The molecule has 130 valence electrons. The molecular weight excluding hydrogens is 302 g/mol. The zero-order valence-electron chi connectivity index (χ0n) is 14.5. The maximum absolute atomic E-state index is 11.6. The van der Waals surface area contributed by atoms with Crippen LogP contribution in [-0.2, 0) is 11.2 Å². The van der Waals surface area contributed by atoms with Gasteiger partial charge in [-0.15, -0.1) is 0 Å². The highest BCUT2D eigenvalue weighted by atomic mass is 16.1. The van der Waals surface area contributed by atoms with Gasteiger partial charge in [-0.05, 0) is 31.4 Å². The van der Waals surface area contributed by atoms with E-state index in [0.29, 0.717) is 12.5 Å². The van der Waals surface area contributed by atoms with Crippen LogP contribution >= 0.6 is 0 Å². The summed E-state index contributed by atoms with van der Waals surface area (Å²) < 4.78 is 0. The number of carbonyl (C=O) groups excluding carboxylic acids is 1. The van der Waals surface area contributed by atoms with Crippen molar-refractivity contribution in [2.24, 2.45) is 4.99 Å². The number of carbonyl (C=O) groups is 1. The van der Waals surface area contributed by atoms with Crippen LogP contribution in [0.2, 0.25) is 0 Å². The van der Waals surface area contributed by atoms with E-state index in [0.717, 1.165) is 31.4 Å². The van der Waals surface area contributed by atoms with E-state index in [1.807, 2.05) is 26.0 Å². The van der Waals surface area contributed by atoms with Crippen LogP contribution < -0.4 is 16.0 Å². The lowest BCUT2D eigenvalue weighted by molar-refractivity contribution is -0.119. The van der Waals surface area contributed by atoms with Gasteiger partial charge in [-0.3, -0.25) is 4.79 Å². The van der Waals surface area contributed by atoms with Crippen molar-refractivity contribution in [1.82, 2.24) is 20.9 Å². The van der Waals surface area contributed by atoms with Crippen LogP contribution in [0, 0.1) is 0 Å². The first-order valence-electron chi connectivity index (χ1n) is 8.58. The van der Waals surface area contributed by atoms with Gasteiger partial charge in [-0.1, -0.05) is 25.1 Å². The molecule has 0 aliphatic heterocycles. The number of fused-ring (bicyclic) bond motifs is 1. The van der Waals surface area contributed by atoms with Gasteiger partial charge in [0.25, 0.3) is 0 Å². The Morgan fingerprint density at radius 1 is 1.12 bits per heavy atom. The van der Waals surface area contributed by atoms with Gasteiger partial charge < -0.3 is 20.9 Å². The number of benzene rings is 1. The Kier molecular flexibility index (Phi) is 7.14. The number of nitrogens with zero attached hydrogens (tertiary/aromatic N) is 1. The third kappa shape index (κ3) is 5.30. The Labute approximate surface area is 143 Å². The Hall–Kier alpha value is -2.50. The molecule has 1 aromatic carbocycles. The average Bonchev–Trinajstić information content (AvgIpc) is 3.01. The molecule has 0 radical (unpaired) electrons. The lowest BCUT2D eigenvalue weighted by atomic mass is 10.1. The largest absolute Gasteiger partial charge is 0.361 e. The molecule has 0 saturated heterocycles. The number of aromatic nitrogens is 1. The standard InChI is InChI=1S/C18H27N5O/c1-3-10-20-17(24)13-23-18(19-4-2)21-11-9-14-12-22-16-8-6-5-7-15(14)16/h5-8,12,22H,3-4,9-11,13H2,1-2H3,(H,20,24)(H2,19,21,23). The van der Waals surface area contributed by atoms with Crippen molar-refractivity contribution in [3.05, 3.63) is 36.0 Å². The minimum absolute atomic E-state index is 0.0503. The predicted octanol–water partition coefficient (Wildman–Crippen LogP) is 1.79. The number of hydrogen-bond acceptors (Lipinski definition) is 2. The zero-order chi connectivity index (χ0) is 17.2. The van der Waals surface area contributed by atoms with Crippen molar-refractivity contribution in [3.8, 4) is 0 Å². The summed E-state index contributed by atoms with van der Waals surface area (Å²) in [6, 6.07) is 8.28. The van der Waals surface area contributed by atoms with Crippen LogP contribution in [0.15, 0.2) is 35.5 Å². The van der Waals surface area contributed by atoms with Gasteiger partial charge in [0, 0.05) is 36.7 Å². The highest BCUT2D eigenvalue weighted by Crippen LogP contribution is 2.17. The molecule has 24 heavy (non-hydrogen) atoms. The molecule has 2 aromatic rings. The molecule has 0 unspecified atom stereocenters. The highest BCUT2D eigenvalue weighted by Gasteiger charge is 2.04. The topological polar surface area (TPSA) is 81.3 Å². The molecule has 0 bridgehead atoms. The van der Waals surface area contributed by atoms with E-state index >= 15 is 0 Å². The predicted molar refractivity (Wildman–Crippen MR) is 99.3 cm³/mol. The monoisotopic (exact) mass is 329 g/mol. The van der Waals surface area contributed by atoms with Gasteiger partial charge in [0.05, 0.1) is 0 Å². The van der Waals surface area contributed by atoms with Gasteiger partial charge in [0.1, 0.15) is 6.54 Å². The average molecular weight is 329 g/mol. The SMILES string of the molecule is CCCNC(=O)CN=C(NCC)NCCc1c[nH]c2ccccc12. The second-order valence-electron chi connectivity index (χ2n) is 5.58. The van der Waals surface area contributed by atoms with Crippen LogP contribution in [0.3, 0.4) is 0 Å². The summed E-state index contributed by atoms with van der Waals surface area (Å²) in [6.07, 6.45) is 3.86. The van der Waals surface area contributed by atoms with Crippen molar-refractivity contribution in [2.45, 2.75) is 26.7 Å². The van der Waals surface area contributed by atoms with Crippen LogP contribution in [-0.4, -0.2) is 43.0 Å². The van der Waals surface area contributed by atoms with E-state index in [1.54, 1.807) is 0 Å². The number of para-hydroxylation sites is 1. The third-order valence-electron chi connectivity index (χ3n) is 3.66. The zero-order valence-corrected chi connectivity index (χ0v) is 14.5. The van der Waals surface area contributed by atoms with Crippen molar-refractivity contribution in [1.29, 1.82) is 0 Å². The first-order chi connectivity index (χ1) is 11.7. The molecule has 0 fully saturated rings. The Balaban J connectivity index is 1.85. The Bertz CT molecular complexity index is 677. The number of rotatable bonds is 8. The maximum Gasteiger partial charge on any atom is 0.241 e. The van der Waals surface area contributed by atoms with Crippen molar-refractivity contribution >= 4 is 22.8 Å². The van der Waals surface area contributed by atoms with Crippen molar-refractivity contribution in [2.75, 3.05) is 26.2 Å². The van der Waals surface area contributed by atoms with Gasteiger partial charge >= 0.3 is 0 Å². The number of H-pyrrole nitrogens is 1. The van der Waals surface area contributed by atoms with E-state index in [4.69, 9.17) is 0 Å². The molecule has 1 amide bonds. The number of aliphatic imine (C=N–C) groups is 1. The van der Waals surface area contributed by atoms with E-state index in [2.05, 4.69) is 44.3 Å². The first-order valence-corrected chi connectivity index (χ1v) is 8.58. The lowest BCUT2D eigenvalue weighted by Crippen LogP contribution is -2.39. The molecule has 6 nitrogen and oxygen atoms in total. The summed E-state index contributed by atoms with van der Waals surface area (Å²) in [5, 5.41) is 10.5. The molecule has 6 heteroatoms. The van der Waals surface area contributed by atoms with E-state index in [9.17, 15) is 4.79 Å². The van der Waals surface area contributed by atoms with Gasteiger partial charge in [-0.25, -0.2) is 4.99 Å². The molecule has 0 spiro atoms. The van der Waals surface area contributed by atoms with Gasteiger partial charge in [0.15, 0.2) is 5.96 Å². The number of amides is 1. The summed E-state index contributed by atoms with van der Waals surface area (Å²) in [7, 11) is 0. The van der Waals surface area contributed by atoms with Crippen molar-refractivity contribution < 1.29 is 4.79 Å². The second kappa shape index (κ2) is 9.60. The molecule has 1 heterocycles. The molecule has 4 N–H and O–H groups in total. The second-order valence-corrected chi connectivity index (χ2v) is 5.58. The summed E-state index contributed by atoms with van der Waals surface area (Å²) in [4.78, 5) is 19.2. The lowest BCUT2D eigenvalue weighted by Gasteiger charge is -2.11. The first kappa shape index (κ1) is 17.8. The van der Waals surface area contributed by atoms with E-state index in [-0.39, 0.29) is 12.5 Å². The minimum atomic E-state index is -0.0503. The number of guanidine groups is 1. The van der Waals surface area contributed by atoms with Crippen LogP contribution in [0.1, 0.15) is 25.8 Å². The summed E-state index contributed by atoms with van der Waals surface area (Å²) >= 11 is 0. The minimum Gasteiger partial charge on any atom is -0.361 e. The summed E-state index contributed by atoms with van der Waals surface area (Å²) in [5.74, 6) is 0.620. The normalized spacial score (nSPS) is 11.5. The smallest absolute Gasteiger partial charge is 0.241 e. The maximum atomic E-state index is 11.6. The highest BCUT2D eigenvalue weighted by molar-refractivity contribution is 5.85. The Morgan fingerprint density at radius 3 is 2.75 bits per heavy atom. The molecule has 0 aliphatic rings. The van der Waals surface area contributed by atoms with E-state index in [1.165, 1.54) is 10.9 Å². The van der Waals surface area contributed by atoms with Gasteiger partial charge in [-0.2, -0.15) is 0 Å². The molecular formula is C18H27N5O. The fourth-order valence-corrected chi connectivity index (χ4v) is 2.47. The summed E-state index contributed by atoms with van der Waals surface area (Å²) in [5.41, 5.74) is 2.43. The van der Waals surface area contributed by atoms with Crippen molar-refractivity contribution in [3.63, 3.8) is 0 Å². The molecule has 0 saturated carbocycles. The van der Waals surface area contributed by atoms with Crippen LogP contribution in [0.5, 0.6) is 0 Å². The molecule has 1 aromatic heterocycles. The number of nitrogens with one attached hydrogen (secondary N) is 4. The Morgan fingerprint density at radius 2 is 1.96 bits per heavy atom. The fourth-order valence-electron chi connectivity index (χ4n) is 2.47. The van der Waals surface area contributed by atoms with Crippen LogP contribution in [0.25, 0.3) is 10.9 Å². The summed E-state index contributed by atoms with van der Waals surface area (Å²) in [6.45, 7) is 6.38. The van der Waals surface area contributed by atoms with E-state index < -0.39 is 0 Å². The third-order valence-corrected chi connectivity index (χ3v) is 3.66. The molecule has 0 atom stereocenters. The number of hydrogen-bond donors (Lipinski definition) is 4. The molecule has 0 aliphatic carbocycles. The number of aromatic amines is 1. The fraction of sp³-hybridized carbons (Fsp3) is 0.444. The van der Waals surface area contributed by atoms with Crippen LogP contribution in [0.4, 0.5) is 0 Å².